The highest BCUT2D eigenvalue weighted by Crippen LogP contribution is 2.35. The average molecular weight is 460 g/mol. The Bertz CT molecular complexity index is 1120. The summed E-state index contributed by atoms with van der Waals surface area (Å²) in [7, 11) is 1.24. The second-order valence-corrected chi connectivity index (χ2v) is 8.73. The topological polar surface area (TPSA) is 151 Å². The number of esters is 1. The number of fused-ring (bicyclic) bond motifs is 1. The minimum absolute atomic E-state index is 0.0268. The number of ether oxygens (including phenoxy) is 1. The summed E-state index contributed by atoms with van der Waals surface area (Å²) in [6.07, 6.45) is 4.46. The smallest absolute Gasteiger partial charge is 0.332 e. The number of likely N-dealkylation sites (tertiary alicyclic amines) is 1. The third-order valence-corrected chi connectivity index (χ3v) is 5.91. The van der Waals surface area contributed by atoms with E-state index in [1.54, 1.807) is 0 Å². The Labute approximate surface area is 189 Å². The molecule has 2 aliphatic rings. The van der Waals surface area contributed by atoms with Gasteiger partial charge in [-0.25, -0.2) is 4.79 Å². The fraction of sp³-hybridized carbons (Fsp3) is 0.545. The third-order valence-electron chi connectivity index (χ3n) is 5.91. The molecule has 3 rings (SSSR count). The molecule has 2 atom stereocenters. The van der Waals surface area contributed by atoms with E-state index in [9.17, 15) is 28.8 Å². The van der Waals surface area contributed by atoms with Crippen LogP contribution in [0.4, 0.5) is 5.82 Å². The number of aromatic nitrogens is 2. The first-order valence-electron chi connectivity index (χ1n) is 10.8. The fourth-order valence-corrected chi connectivity index (χ4v) is 4.17. The van der Waals surface area contributed by atoms with Crippen molar-refractivity contribution in [3.05, 3.63) is 38.6 Å². The molecule has 1 aromatic heterocycles. The summed E-state index contributed by atoms with van der Waals surface area (Å²) in [5.41, 5.74) is 4.00. The molecule has 11 nitrogen and oxygen atoms in total. The van der Waals surface area contributed by atoms with Crippen LogP contribution in [0.25, 0.3) is 0 Å². The van der Waals surface area contributed by atoms with E-state index in [4.69, 9.17) is 10.5 Å². The van der Waals surface area contributed by atoms with Crippen molar-refractivity contribution in [2.24, 2.45) is 24.8 Å². The van der Waals surface area contributed by atoms with Gasteiger partial charge in [-0.05, 0) is 18.8 Å². The monoisotopic (exact) mass is 460 g/mol. The van der Waals surface area contributed by atoms with E-state index in [2.05, 4.69) is 0 Å². The number of Topliss-reactive ketones (excluding diaryl/α,β-unsaturated/α-hetero) is 1. The van der Waals surface area contributed by atoms with Crippen LogP contribution >= 0.6 is 0 Å². The van der Waals surface area contributed by atoms with Gasteiger partial charge in [0.15, 0.2) is 6.61 Å². The Balaban J connectivity index is 1.63. The summed E-state index contributed by atoms with van der Waals surface area (Å²) >= 11 is 0. The lowest BCUT2D eigenvalue weighted by Crippen LogP contribution is -2.43. The molecule has 1 aliphatic heterocycles. The molecule has 178 valence electrons. The average Bonchev–Trinajstić information content (AvgIpc) is 3.02. The molecule has 0 spiro atoms. The van der Waals surface area contributed by atoms with Crippen LogP contribution in [-0.4, -0.2) is 50.8 Å². The standard InChI is InChI=1S/C22H28N4O7/c1-12(2)10-26-18(23)17(21(31)24(3)22(26)32)15(27)11-33-16(28)8-9-25-19(29)13-6-4-5-7-14(13)20(25)30/h4-5,12-14H,6-11,23H2,1-3H3/t13-,14-/m1/s1. The number of nitrogens with zero attached hydrogens (tertiary/aromatic N) is 3. The molecular weight excluding hydrogens is 432 g/mol. The number of nitrogens with two attached hydrogens (primary N) is 1. The van der Waals surface area contributed by atoms with Crippen molar-refractivity contribution in [3.63, 3.8) is 0 Å². The van der Waals surface area contributed by atoms with Gasteiger partial charge in [-0.15, -0.1) is 0 Å². The summed E-state index contributed by atoms with van der Waals surface area (Å²) < 4.78 is 6.89. The van der Waals surface area contributed by atoms with Crippen molar-refractivity contribution in [1.29, 1.82) is 0 Å². The molecule has 2 heterocycles. The minimum Gasteiger partial charge on any atom is -0.457 e. The van der Waals surface area contributed by atoms with Crippen molar-refractivity contribution in [2.75, 3.05) is 18.9 Å². The highest BCUT2D eigenvalue weighted by Gasteiger charge is 2.47. The van der Waals surface area contributed by atoms with E-state index in [0.29, 0.717) is 12.8 Å². The second-order valence-electron chi connectivity index (χ2n) is 8.73. The molecule has 0 radical (unpaired) electrons. The van der Waals surface area contributed by atoms with Crippen LogP contribution in [0.1, 0.15) is 43.5 Å². The SMILES string of the molecule is CC(C)Cn1c(N)c(C(=O)COC(=O)CCN2C(=O)[C@@H]3CC=CC[C@H]3C2=O)c(=O)n(C)c1=O. The minimum atomic E-state index is -0.872. The first kappa shape index (κ1) is 24.1. The van der Waals surface area contributed by atoms with Crippen molar-refractivity contribution in [2.45, 2.75) is 39.7 Å². The van der Waals surface area contributed by atoms with E-state index in [-0.39, 0.29) is 54.9 Å². The van der Waals surface area contributed by atoms with E-state index >= 15 is 0 Å². The first-order valence-corrected chi connectivity index (χ1v) is 10.8. The molecule has 0 aromatic carbocycles. The quantitative estimate of drug-likeness (QED) is 0.243. The van der Waals surface area contributed by atoms with Crippen LogP contribution in [0.3, 0.4) is 0 Å². The van der Waals surface area contributed by atoms with Crippen LogP contribution in [0.5, 0.6) is 0 Å². The first-order chi connectivity index (χ1) is 15.5. The number of hydrogen-bond acceptors (Lipinski definition) is 8. The Morgan fingerprint density at radius 2 is 1.67 bits per heavy atom. The molecule has 2 amide bonds. The fourth-order valence-electron chi connectivity index (χ4n) is 4.17. The number of nitrogen functional groups attached to an aromatic ring is 1. The molecule has 1 aromatic rings. The highest BCUT2D eigenvalue weighted by atomic mass is 16.5. The van der Waals surface area contributed by atoms with Crippen LogP contribution in [0, 0.1) is 17.8 Å². The highest BCUT2D eigenvalue weighted by molar-refractivity contribution is 6.05. The lowest BCUT2D eigenvalue weighted by atomic mass is 9.85. The van der Waals surface area contributed by atoms with Gasteiger partial charge in [-0.2, -0.15) is 0 Å². The van der Waals surface area contributed by atoms with Gasteiger partial charge in [0, 0.05) is 20.1 Å². The zero-order chi connectivity index (χ0) is 24.4. The number of carbonyl (C=O) groups is 4. The normalized spacial score (nSPS) is 19.8. The van der Waals surface area contributed by atoms with Crippen LogP contribution in [-0.2, 0) is 32.7 Å². The molecule has 0 bridgehead atoms. The zero-order valence-electron chi connectivity index (χ0n) is 18.9. The molecule has 0 unspecified atom stereocenters. The number of ketones is 1. The number of rotatable bonds is 8. The molecule has 2 N–H and O–H groups in total. The molecule has 1 aliphatic carbocycles. The zero-order valence-corrected chi connectivity index (χ0v) is 18.9. The van der Waals surface area contributed by atoms with Gasteiger partial charge in [0.25, 0.3) is 5.56 Å². The van der Waals surface area contributed by atoms with Crippen LogP contribution in [0.15, 0.2) is 21.7 Å². The van der Waals surface area contributed by atoms with Gasteiger partial charge in [0.1, 0.15) is 11.4 Å². The van der Waals surface area contributed by atoms with E-state index in [1.807, 2.05) is 26.0 Å². The lowest BCUT2D eigenvalue weighted by molar-refractivity contribution is -0.145. The van der Waals surface area contributed by atoms with Gasteiger partial charge in [-0.3, -0.25) is 38.0 Å². The molecule has 11 heteroatoms. The molecular formula is C22H28N4O7. The Morgan fingerprint density at radius 3 is 2.21 bits per heavy atom. The van der Waals surface area contributed by atoms with Gasteiger partial charge in [-0.1, -0.05) is 26.0 Å². The summed E-state index contributed by atoms with van der Waals surface area (Å²) in [5.74, 6) is -3.28. The van der Waals surface area contributed by atoms with E-state index < -0.39 is 35.2 Å². The Kier molecular flexibility index (Phi) is 6.99. The third kappa shape index (κ3) is 4.67. The molecule has 1 fully saturated rings. The van der Waals surface area contributed by atoms with E-state index in [1.165, 1.54) is 7.05 Å². The van der Waals surface area contributed by atoms with Crippen LogP contribution in [0.2, 0.25) is 0 Å². The molecule has 1 saturated heterocycles. The predicted octanol–water partition coefficient (Wildman–Crippen LogP) is -0.148. The predicted molar refractivity (Wildman–Crippen MR) is 117 cm³/mol. The maximum absolute atomic E-state index is 12.6. The van der Waals surface area contributed by atoms with E-state index in [0.717, 1.165) is 14.0 Å². The number of anilines is 1. The van der Waals surface area contributed by atoms with Crippen molar-refractivity contribution in [1.82, 2.24) is 14.0 Å². The maximum Gasteiger partial charge on any atom is 0.332 e. The van der Waals surface area contributed by atoms with Gasteiger partial charge < -0.3 is 10.5 Å². The Hall–Kier alpha value is -3.50. The number of allylic oxidation sites excluding steroid dienone is 2. The summed E-state index contributed by atoms with van der Waals surface area (Å²) in [4.78, 5) is 75.5. The Morgan fingerprint density at radius 1 is 1.09 bits per heavy atom. The maximum atomic E-state index is 12.6. The van der Waals surface area contributed by atoms with Gasteiger partial charge in [0.05, 0.1) is 18.3 Å². The molecule has 0 saturated carbocycles. The second kappa shape index (κ2) is 9.55. The van der Waals surface area contributed by atoms with Crippen molar-refractivity contribution in [3.8, 4) is 0 Å². The van der Waals surface area contributed by atoms with Crippen LogP contribution < -0.4 is 17.0 Å². The number of amides is 2. The number of carbonyl (C=O) groups excluding carboxylic acids is 4. The molecule has 33 heavy (non-hydrogen) atoms. The lowest BCUT2D eigenvalue weighted by Gasteiger charge is -2.16. The largest absolute Gasteiger partial charge is 0.457 e. The summed E-state index contributed by atoms with van der Waals surface area (Å²) in [5, 5.41) is 0. The number of imide groups is 1. The van der Waals surface area contributed by atoms with Crippen molar-refractivity contribution < 1.29 is 23.9 Å². The van der Waals surface area contributed by atoms with Gasteiger partial charge in [0.2, 0.25) is 17.6 Å². The number of hydrogen-bond donors (Lipinski definition) is 1. The summed E-state index contributed by atoms with van der Waals surface area (Å²) in [6.45, 7) is 3.01. The van der Waals surface area contributed by atoms with Gasteiger partial charge >= 0.3 is 11.7 Å². The van der Waals surface area contributed by atoms with Crippen molar-refractivity contribution >= 4 is 29.4 Å². The summed E-state index contributed by atoms with van der Waals surface area (Å²) in [6, 6.07) is 0.